The Hall–Kier alpha value is -3.42. The molecule has 2 atom stereocenters. The first-order chi connectivity index (χ1) is 13.8. The lowest BCUT2D eigenvalue weighted by atomic mass is 10.1. The molecule has 29 heavy (non-hydrogen) atoms. The number of amides is 2. The predicted molar refractivity (Wildman–Crippen MR) is 103 cm³/mol. The second kappa shape index (κ2) is 8.72. The molecule has 1 aromatic heterocycles. The molecule has 0 unspecified atom stereocenters. The van der Waals surface area contributed by atoms with Crippen LogP contribution in [0.2, 0.25) is 0 Å². The first-order valence-corrected chi connectivity index (χ1v) is 9.26. The smallest absolute Gasteiger partial charge is 0.312 e. The van der Waals surface area contributed by atoms with Crippen LogP contribution in [-0.2, 0) is 25.7 Å². The summed E-state index contributed by atoms with van der Waals surface area (Å²) in [4.78, 5) is 50.1. The Morgan fingerprint density at radius 2 is 2.00 bits per heavy atom. The second-order valence-corrected chi connectivity index (χ2v) is 6.92. The number of nitrogens with one attached hydrogen (secondary N) is 1. The summed E-state index contributed by atoms with van der Waals surface area (Å²) in [5.41, 5.74) is 0.725. The number of likely N-dealkylation sites (tertiary alicyclic amines) is 1. The summed E-state index contributed by atoms with van der Waals surface area (Å²) in [5.74, 6) is -1.53. The van der Waals surface area contributed by atoms with Crippen molar-refractivity contribution in [3.05, 3.63) is 54.0 Å². The fourth-order valence-electron chi connectivity index (χ4n) is 3.13. The molecule has 0 spiro atoms. The summed E-state index contributed by atoms with van der Waals surface area (Å²) in [6.07, 6.45) is 0.476. The summed E-state index contributed by atoms with van der Waals surface area (Å²) in [6.45, 7) is 3.34. The molecule has 0 saturated carbocycles. The van der Waals surface area contributed by atoms with Gasteiger partial charge in [0.15, 0.2) is 11.9 Å². The number of rotatable bonds is 7. The lowest BCUT2D eigenvalue weighted by Crippen LogP contribution is -2.33. The first-order valence-electron chi connectivity index (χ1n) is 9.26. The highest BCUT2D eigenvalue weighted by Crippen LogP contribution is 2.22. The van der Waals surface area contributed by atoms with Crippen LogP contribution in [0, 0.1) is 5.92 Å². The van der Waals surface area contributed by atoms with E-state index in [1.165, 1.54) is 25.0 Å². The molecule has 0 aliphatic carbocycles. The lowest BCUT2D eigenvalue weighted by molar-refractivity contribution is -0.157. The average Bonchev–Trinajstić information content (AvgIpc) is 3.32. The largest absolute Gasteiger partial charge is 0.467 e. The van der Waals surface area contributed by atoms with E-state index in [4.69, 9.17) is 9.15 Å². The minimum Gasteiger partial charge on any atom is -0.467 e. The number of nitrogens with zero attached hydrogens (tertiary/aromatic N) is 1. The number of carbonyl (C=O) groups excluding carboxylic acids is 4. The van der Waals surface area contributed by atoms with Crippen LogP contribution < -0.4 is 5.32 Å². The number of para-hydroxylation sites is 1. The van der Waals surface area contributed by atoms with E-state index in [2.05, 4.69) is 5.32 Å². The van der Waals surface area contributed by atoms with Gasteiger partial charge in [-0.2, -0.15) is 0 Å². The van der Waals surface area contributed by atoms with Crippen LogP contribution in [0.3, 0.4) is 0 Å². The molecule has 1 N–H and O–H groups in total. The minimum atomic E-state index is -1.07. The quantitative estimate of drug-likeness (QED) is 0.567. The third-order valence-corrected chi connectivity index (χ3v) is 4.70. The van der Waals surface area contributed by atoms with Gasteiger partial charge in [0, 0.05) is 18.5 Å². The van der Waals surface area contributed by atoms with E-state index in [1.807, 2.05) is 0 Å². The Labute approximate surface area is 167 Å². The molecular formula is C21H22N2O6. The van der Waals surface area contributed by atoms with Gasteiger partial charge in [0.1, 0.15) is 5.76 Å². The van der Waals surface area contributed by atoms with Crippen molar-refractivity contribution in [2.75, 3.05) is 11.9 Å². The predicted octanol–water partition coefficient (Wildman–Crippen LogP) is 2.40. The van der Waals surface area contributed by atoms with Crippen molar-refractivity contribution in [2.45, 2.75) is 32.9 Å². The van der Waals surface area contributed by atoms with Crippen molar-refractivity contribution in [1.29, 1.82) is 0 Å². The van der Waals surface area contributed by atoms with Crippen LogP contribution >= 0.6 is 0 Å². The third kappa shape index (κ3) is 4.90. The molecule has 1 fully saturated rings. The standard InChI is InChI=1S/C21H22N2O6/c1-13(24)17-7-3-4-8-18(17)22-20(26)14(2)29-21(27)15-10-19(25)23(11-15)12-16-6-5-9-28-16/h3-9,14-15H,10-12H2,1-2H3,(H,22,26)/t14-,15-/m0/s1. The third-order valence-electron chi connectivity index (χ3n) is 4.70. The van der Waals surface area contributed by atoms with Crippen LogP contribution in [0.15, 0.2) is 47.1 Å². The first kappa shape index (κ1) is 20.3. The molecule has 2 heterocycles. The van der Waals surface area contributed by atoms with Crippen LogP contribution in [0.5, 0.6) is 0 Å². The zero-order valence-electron chi connectivity index (χ0n) is 16.2. The van der Waals surface area contributed by atoms with Gasteiger partial charge < -0.3 is 19.4 Å². The van der Waals surface area contributed by atoms with Crippen molar-refractivity contribution in [3.8, 4) is 0 Å². The summed E-state index contributed by atoms with van der Waals surface area (Å²) in [6, 6.07) is 10.1. The molecule has 0 radical (unpaired) electrons. The van der Waals surface area contributed by atoms with Gasteiger partial charge in [-0.25, -0.2) is 0 Å². The van der Waals surface area contributed by atoms with E-state index in [0.29, 0.717) is 17.0 Å². The van der Waals surface area contributed by atoms with E-state index in [0.717, 1.165) is 0 Å². The number of hydrogen-bond donors (Lipinski definition) is 1. The molecule has 8 nitrogen and oxygen atoms in total. The molecule has 2 aromatic rings. The summed E-state index contributed by atoms with van der Waals surface area (Å²) < 4.78 is 10.5. The average molecular weight is 398 g/mol. The Morgan fingerprint density at radius 3 is 2.69 bits per heavy atom. The molecule has 0 bridgehead atoms. The van der Waals surface area contributed by atoms with Crippen LogP contribution in [0.25, 0.3) is 0 Å². The van der Waals surface area contributed by atoms with Crippen molar-refractivity contribution in [1.82, 2.24) is 4.90 Å². The van der Waals surface area contributed by atoms with Gasteiger partial charge >= 0.3 is 5.97 Å². The number of ether oxygens (including phenoxy) is 1. The monoisotopic (exact) mass is 398 g/mol. The molecule has 1 saturated heterocycles. The lowest BCUT2D eigenvalue weighted by Gasteiger charge is -2.17. The van der Waals surface area contributed by atoms with E-state index in [1.54, 1.807) is 36.4 Å². The Balaban J connectivity index is 1.55. The highest BCUT2D eigenvalue weighted by Gasteiger charge is 2.37. The molecule has 2 amide bonds. The Kier molecular flexibility index (Phi) is 6.11. The van der Waals surface area contributed by atoms with E-state index >= 15 is 0 Å². The Bertz CT molecular complexity index is 921. The topological polar surface area (TPSA) is 106 Å². The minimum absolute atomic E-state index is 0.0288. The van der Waals surface area contributed by atoms with Crippen LogP contribution in [0.1, 0.15) is 36.4 Å². The highest BCUT2D eigenvalue weighted by molar-refractivity contribution is 6.04. The van der Waals surface area contributed by atoms with Crippen molar-refractivity contribution in [3.63, 3.8) is 0 Å². The number of furan rings is 1. The number of anilines is 1. The summed E-state index contributed by atoms with van der Waals surface area (Å²) >= 11 is 0. The number of carbonyl (C=O) groups is 4. The van der Waals surface area contributed by atoms with Crippen LogP contribution in [-0.4, -0.2) is 41.1 Å². The van der Waals surface area contributed by atoms with Crippen molar-refractivity contribution < 1.29 is 28.3 Å². The maximum Gasteiger partial charge on any atom is 0.312 e. The fraction of sp³-hybridized carbons (Fsp3) is 0.333. The SMILES string of the molecule is CC(=O)c1ccccc1NC(=O)[C@H](C)OC(=O)[C@H]1CC(=O)N(Cc2ccco2)C1. The molecule has 1 aromatic carbocycles. The van der Waals surface area contributed by atoms with Crippen molar-refractivity contribution >= 4 is 29.3 Å². The van der Waals surface area contributed by atoms with Gasteiger partial charge in [0.2, 0.25) is 5.91 Å². The fourth-order valence-corrected chi connectivity index (χ4v) is 3.13. The molecule has 3 rings (SSSR count). The second-order valence-electron chi connectivity index (χ2n) is 6.92. The highest BCUT2D eigenvalue weighted by atomic mass is 16.5. The molecule has 8 heteroatoms. The zero-order chi connectivity index (χ0) is 21.0. The number of esters is 1. The normalized spacial score (nSPS) is 17.1. The van der Waals surface area contributed by atoms with Crippen molar-refractivity contribution in [2.24, 2.45) is 5.92 Å². The van der Waals surface area contributed by atoms with Crippen LogP contribution in [0.4, 0.5) is 5.69 Å². The summed E-state index contributed by atoms with van der Waals surface area (Å²) in [5, 5.41) is 2.61. The van der Waals surface area contributed by atoms with Gasteiger partial charge in [0.25, 0.3) is 5.91 Å². The Morgan fingerprint density at radius 1 is 1.24 bits per heavy atom. The number of hydrogen-bond acceptors (Lipinski definition) is 6. The van der Waals surface area contributed by atoms with Gasteiger partial charge in [-0.3, -0.25) is 19.2 Å². The van der Waals surface area contributed by atoms with Gasteiger partial charge in [-0.15, -0.1) is 0 Å². The van der Waals surface area contributed by atoms with Gasteiger partial charge in [0.05, 0.1) is 24.4 Å². The van der Waals surface area contributed by atoms with E-state index in [-0.39, 0.29) is 31.2 Å². The maximum absolute atomic E-state index is 12.4. The molecular weight excluding hydrogens is 376 g/mol. The zero-order valence-corrected chi connectivity index (χ0v) is 16.2. The number of benzene rings is 1. The van der Waals surface area contributed by atoms with Gasteiger partial charge in [-0.1, -0.05) is 12.1 Å². The molecule has 1 aliphatic rings. The molecule has 1 aliphatic heterocycles. The summed E-state index contributed by atoms with van der Waals surface area (Å²) in [7, 11) is 0. The number of ketones is 1. The van der Waals surface area contributed by atoms with E-state index in [9.17, 15) is 19.2 Å². The maximum atomic E-state index is 12.4. The number of Topliss-reactive ketones (excluding diaryl/α,β-unsaturated/α-hetero) is 1. The molecule has 152 valence electrons. The van der Waals surface area contributed by atoms with Gasteiger partial charge in [-0.05, 0) is 38.1 Å². The van der Waals surface area contributed by atoms with E-state index < -0.39 is 23.9 Å².